The maximum atomic E-state index is 12.8. The minimum Gasteiger partial charge on any atom is -0.349 e. The number of carbonyl (C=O) groups excluding carboxylic acids is 1. The summed E-state index contributed by atoms with van der Waals surface area (Å²) in [6, 6.07) is 2.78. The van der Waals surface area contributed by atoms with Crippen molar-refractivity contribution >= 4 is 27.3 Å². The van der Waals surface area contributed by atoms with Crippen molar-refractivity contribution in [1.82, 2.24) is 14.4 Å². The summed E-state index contributed by atoms with van der Waals surface area (Å²) < 4.78 is 3.64. The van der Waals surface area contributed by atoms with E-state index in [1.54, 1.807) is 11.3 Å². The highest BCUT2D eigenvalue weighted by Crippen LogP contribution is 2.34. The average molecular weight is 346 g/mol. The van der Waals surface area contributed by atoms with Gasteiger partial charge in [0.25, 0.3) is 5.91 Å². The molecule has 0 aromatic carbocycles. The molecule has 2 aliphatic rings. The SMILES string of the molecule is CCCN1CCN(C(=O)c2cc3cn(C4CCCC4)cc3s2)CC1. The zero-order valence-corrected chi connectivity index (χ0v) is 15.4. The van der Waals surface area contributed by atoms with Crippen LogP contribution in [0.25, 0.3) is 10.1 Å². The second kappa shape index (κ2) is 6.89. The van der Waals surface area contributed by atoms with Gasteiger partial charge in [-0.15, -0.1) is 11.3 Å². The standard InChI is InChI=1S/C19H27N3OS/c1-2-7-20-8-10-21(11-9-20)19(23)17-12-15-13-22(14-18(15)24-17)16-5-3-4-6-16/h12-14,16H,2-11H2,1H3. The summed E-state index contributed by atoms with van der Waals surface area (Å²) in [6.07, 6.45) is 11.0. The first-order valence-electron chi connectivity index (χ1n) is 9.37. The van der Waals surface area contributed by atoms with Crippen LogP contribution in [0, 0.1) is 0 Å². The summed E-state index contributed by atoms with van der Waals surface area (Å²) in [7, 11) is 0. The Labute approximate surface area is 148 Å². The Morgan fingerprint density at radius 1 is 1.17 bits per heavy atom. The Kier molecular flexibility index (Phi) is 4.63. The molecule has 3 heterocycles. The van der Waals surface area contributed by atoms with Crippen LogP contribution < -0.4 is 0 Å². The number of fused-ring (bicyclic) bond motifs is 1. The molecule has 0 unspecified atom stereocenters. The summed E-state index contributed by atoms with van der Waals surface area (Å²) in [4.78, 5) is 18.2. The van der Waals surface area contributed by atoms with Crippen LogP contribution in [0.1, 0.15) is 54.7 Å². The number of nitrogens with zero attached hydrogens (tertiary/aromatic N) is 3. The van der Waals surface area contributed by atoms with E-state index in [-0.39, 0.29) is 5.91 Å². The normalized spacial score (nSPS) is 20.3. The number of piperazine rings is 1. The molecule has 1 amide bonds. The molecular formula is C19H27N3OS. The molecule has 4 rings (SSSR count). The fourth-order valence-corrected chi connectivity index (χ4v) is 5.16. The molecule has 1 saturated carbocycles. The van der Waals surface area contributed by atoms with Gasteiger partial charge in [-0.05, 0) is 31.9 Å². The van der Waals surface area contributed by atoms with Gasteiger partial charge in [-0.2, -0.15) is 0 Å². The summed E-state index contributed by atoms with van der Waals surface area (Å²) in [5.74, 6) is 0.222. The minimum absolute atomic E-state index is 0.222. The second-order valence-corrected chi connectivity index (χ2v) is 8.29. The molecule has 1 saturated heterocycles. The Morgan fingerprint density at radius 3 is 2.58 bits per heavy atom. The van der Waals surface area contributed by atoms with Gasteiger partial charge in [-0.1, -0.05) is 19.8 Å². The summed E-state index contributed by atoms with van der Waals surface area (Å²) >= 11 is 1.66. The lowest BCUT2D eigenvalue weighted by Gasteiger charge is -2.34. The smallest absolute Gasteiger partial charge is 0.264 e. The zero-order valence-electron chi connectivity index (χ0n) is 14.5. The highest BCUT2D eigenvalue weighted by molar-refractivity contribution is 7.20. The van der Waals surface area contributed by atoms with Crippen molar-refractivity contribution in [3.8, 4) is 0 Å². The molecule has 130 valence electrons. The molecule has 5 heteroatoms. The van der Waals surface area contributed by atoms with Crippen molar-refractivity contribution in [1.29, 1.82) is 0 Å². The number of rotatable bonds is 4. The average Bonchev–Trinajstić information content (AvgIpc) is 3.30. The number of amides is 1. The quantitative estimate of drug-likeness (QED) is 0.838. The maximum absolute atomic E-state index is 12.8. The molecule has 0 atom stereocenters. The van der Waals surface area contributed by atoms with Gasteiger partial charge in [0, 0.05) is 50.0 Å². The highest BCUT2D eigenvalue weighted by atomic mass is 32.1. The van der Waals surface area contributed by atoms with E-state index in [1.165, 1.54) is 42.2 Å². The first-order valence-corrected chi connectivity index (χ1v) is 10.2. The number of hydrogen-bond acceptors (Lipinski definition) is 3. The zero-order chi connectivity index (χ0) is 16.5. The van der Waals surface area contributed by atoms with E-state index in [1.807, 2.05) is 4.90 Å². The monoisotopic (exact) mass is 345 g/mol. The van der Waals surface area contributed by atoms with E-state index < -0.39 is 0 Å². The lowest BCUT2D eigenvalue weighted by Crippen LogP contribution is -2.48. The third-order valence-electron chi connectivity index (χ3n) is 5.50. The molecule has 0 radical (unpaired) electrons. The van der Waals surface area contributed by atoms with Crippen molar-refractivity contribution < 1.29 is 4.79 Å². The number of aromatic nitrogens is 1. The van der Waals surface area contributed by atoms with E-state index in [2.05, 4.69) is 34.9 Å². The van der Waals surface area contributed by atoms with Crippen LogP contribution in [-0.4, -0.2) is 53.0 Å². The second-order valence-electron chi connectivity index (χ2n) is 7.21. The largest absolute Gasteiger partial charge is 0.349 e. The van der Waals surface area contributed by atoms with E-state index >= 15 is 0 Å². The van der Waals surface area contributed by atoms with Gasteiger partial charge in [0.05, 0.1) is 9.58 Å². The van der Waals surface area contributed by atoms with E-state index in [9.17, 15) is 4.79 Å². The molecule has 1 aliphatic carbocycles. The van der Waals surface area contributed by atoms with Gasteiger partial charge in [-0.3, -0.25) is 9.69 Å². The van der Waals surface area contributed by atoms with Gasteiger partial charge < -0.3 is 9.47 Å². The summed E-state index contributed by atoms with van der Waals surface area (Å²) in [5.41, 5.74) is 0. The van der Waals surface area contributed by atoms with Crippen LogP contribution in [-0.2, 0) is 0 Å². The molecule has 2 aromatic rings. The number of hydrogen-bond donors (Lipinski definition) is 0. The summed E-state index contributed by atoms with van der Waals surface area (Å²) in [5, 5.41) is 1.24. The van der Waals surface area contributed by atoms with E-state index in [4.69, 9.17) is 0 Å². The van der Waals surface area contributed by atoms with Crippen molar-refractivity contribution in [3.63, 3.8) is 0 Å². The predicted molar refractivity (Wildman–Crippen MR) is 100.0 cm³/mol. The Hall–Kier alpha value is -1.33. The van der Waals surface area contributed by atoms with Crippen LogP contribution in [0.2, 0.25) is 0 Å². The van der Waals surface area contributed by atoms with Gasteiger partial charge in [0.15, 0.2) is 0 Å². The molecule has 2 aromatic heterocycles. The molecule has 0 bridgehead atoms. The molecule has 24 heavy (non-hydrogen) atoms. The molecular weight excluding hydrogens is 318 g/mol. The molecule has 4 nitrogen and oxygen atoms in total. The van der Waals surface area contributed by atoms with E-state index in [0.717, 1.165) is 37.6 Å². The summed E-state index contributed by atoms with van der Waals surface area (Å²) in [6.45, 7) is 7.12. The predicted octanol–water partition coefficient (Wildman–Crippen LogP) is 3.99. The first kappa shape index (κ1) is 16.2. The van der Waals surface area contributed by atoms with Crippen molar-refractivity contribution in [2.45, 2.75) is 45.1 Å². The van der Waals surface area contributed by atoms with Crippen LogP contribution in [0.5, 0.6) is 0 Å². The molecule has 0 spiro atoms. The Bertz CT molecular complexity index is 674. The van der Waals surface area contributed by atoms with Crippen LogP contribution in [0.4, 0.5) is 0 Å². The van der Waals surface area contributed by atoms with Gasteiger partial charge in [0.1, 0.15) is 0 Å². The van der Waals surface area contributed by atoms with Crippen LogP contribution >= 0.6 is 11.3 Å². The lowest BCUT2D eigenvalue weighted by molar-refractivity contribution is 0.0642. The lowest BCUT2D eigenvalue weighted by atomic mass is 10.2. The highest BCUT2D eigenvalue weighted by Gasteiger charge is 2.24. The molecule has 2 fully saturated rings. The van der Waals surface area contributed by atoms with Gasteiger partial charge in [0.2, 0.25) is 0 Å². The Balaban J connectivity index is 1.44. The third-order valence-corrected chi connectivity index (χ3v) is 6.58. The van der Waals surface area contributed by atoms with Gasteiger partial charge in [-0.25, -0.2) is 0 Å². The van der Waals surface area contributed by atoms with Gasteiger partial charge >= 0.3 is 0 Å². The minimum atomic E-state index is 0.222. The Morgan fingerprint density at radius 2 is 1.92 bits per heavy atom. The topological polar surface area (TPSA) is 28.5 Å². The molecule has 1 aliphatic heterocycles. The van der Waals surface area contributed by atoms with E-state index in [0.29, 0.717) is 6.04 Å². The van der Waals surface area contributed by atoms with Crippen LogP contribution in [0.3, 0.4) is 0 Å². The molecule has 0 N–H and O–H groups in total. The fourth-order valence-electron chi connectivity index (χ4n) is 4.12. The number of carbonyl (C=O) groups is 1. The first-order chi connectivity index (χ1) is 11.7. The third kappa shape index (κ3) is 3.11. The number of thiophene rings is 1. The van der Waals surface area contributed by atoms with Crippen LogP contribution in [0.15, 0.2) is 18.5 Å². The van der Waals surface area contributed by atoms with Crippen molar-refractivity contribution in [2.75, 3.05) is 32.7 Å². The fraction of sp³-hybridized carbons (Fsp3) is 0.632. The maximum Gasteiger partial charge on any atom is 0.264 e. The van der Waals surface area contributed by atoms with Crippen molar-refractivity contribution in [2.24, 2.45) is 0 Å². The van der Waals surface area contributed by atoms with Crippen molar-refractivity contribution in [3.05, 3.63) is 23.3 Å².